The van der Waals surface area contributed by atoms with E-state index in [9.17, 15) is 0 Å². The van der Waals surface area contributed by atoms with E-state index in [-0.39, 0.29) is 5.41 Å². The Morgan fingerprint density at radius 2 is 2.09 bits per heavy atom. The number of nitrogens with one attached hydrogen (secondary N) is 2. The number of hydrogen-bond acceptors (Lipinski definition) is 2. The largest absolute Gasteiger partial charge is 0.376 e. The van der Waals surface area contributed by atoms with Gasteiger partial charge in [0.15, 0.2) is 5.96 Å². The van der Waals surface area contributed by atoms with Gasteiger partial charge in [-0.2, -0.15) is 0 Å². The highest BCUT2D eigenvalue weighted by molar-refractivity contribution is 6.30. The molecule has 4 nitrogen and oxygen atoms in total. The number of halogens is 1. The maximum Gasteiger partial charge on any atom is 0.191 e. The first-order chi connectivity index (χ1) is 10.7. The van der Waals surface area contributed by atoms with Crippen LogP contribution in [0.2, 0.25) is 5.02 Å². The molecule has 0 aromatic heterocycles. The second-order valence-electron chi connectivity index (χ2n) is 6.23. The van der Waals surface area contributed by atoms with Gasteiger partial charge in [0.2, 0.25) is 0 Å². The van der Waals surface area contributed by atoms with Gasteiger partial charge in [-0.05, 0) is 43.4 Å². The predicted molar refractivity (Wildman–Crippen MR) is 90.7 cm³/mol. The summed E-state index contributed by atoms with van der Waals surface area (Å²) in [5.41, 5.74) is 1.60. The van der Waals surface area contributed by atoms with Crippen molar-refractivity contribution in [2.75, 3.05) is 26.7 Å². The molecule has 1 heterocycles. The Balaban J connectivity index is 1.50. The zero-order valence-electron chi connectivity index (χ0n) is 13.1. The molecule has 1 aliphatic heterocycles. The van der Waals surface area contributed by atoms with Crippen molar-refractivity contribution in [2.45, 2.75) is 37.2 Å². The minimum atomic E-state index is 0.242. The minimum Gasteiger partial charge on any atom is -0.376 e. The molecule has 22 heavy (non-hydrogen) atoms. The van der Waals surface area contributed by atoms with Crippen LogP contribution in [0.5, 0.6) is 0 Å². The second kappa shape index (κ2) is 6.88. The molecule has 2 aliphatic rings. The number of guanidine groups is 1. The molecule has 1 aromatic rings. The minimum absolute atomic E-state index is 0.242. The standard InChI is InChI=1S/C17H24ClN3O/c1-19-16(20-11-15-3-2-10-22-15)21-12-17(8-9-17)13-4-6-14(18)7-5-13/h4-7,15H,2-3,8-12H2,1H3,(H2,19,20,21). The lowest BCUT2D eigenvalue weighted by Crippen LogP contribution is -2.43. The van der Waals surface area contributed by atoms with E-state index in [4.69, 9.17) is 16.3 Å². The van der Waals surface area contributed by atoms with E-state index < -0.39 is 0 Å². The molecule has 1 aliphatic carbocycles. The molecule has 1 saturated carbocycles. The third-order valence-electron chi connectivity index (χ3n) is 4.65. The zero-order valence-corrected chi connectivity index (χ0v) is 13.8. The highest BCUT2D eigenvalue weighted by Crippen LogP contribution is 2.47. The molecule has 3 rings (SSSR count). The van der Waals surface area contributed by atoms with Gasteiger partial charge in [-0.1, -0.05) is 23.7 Å². The lowest BCUT2D eigenvalue weighted by atomic mass is 9.96. The van der Waals surface area contributed by atoms with Crippen molar-refractivity contribution in [3.63, 3.8) is 0 Å². The molecule has 0 bridgehead atoms. The number of rotatable bonds is 5. The first kappa shape index (κ1) is 15.6. The third-order valence-corrected chi connectivity index (χ3v) is 4.90. The van der Waals surface area contributed by atoms with Gasteiger partial charge in [0.05, 0.1) is 6.10 Å². The summed E-state index contributed by atoms with van der Waals surface area (Å²) in [5.74, 6) is 0.857. The smallest absolute Gasteiger partial charge is 0.191 e. The molecule has 5 heteroatoms. The van der Waals surface area contributed by atoms with E-state index in [1.807, 2.05) is 19.2 Å². The summed E-state index contributed by atoms with van der Waals surface area (Å²) in [6, 6.07) is 8.22. The molecular formula is C17H24ClN3O. The zero-order chi connectivity index (χ0) is 15.4. The summed E-state index contributed by atoms with van der Waals surface area (Å²) in [6.07, 6.45) is 5.05. The van der Waals surface area contributed by atoms with E-state index in [2.05, 4.69) is 27.8 Å². The van der Waals surface area contributed by atoms with Gasteiger partial charge in [0, 0.05) is 37.2 Å². The van der Waals surface area contributed by atoms with Gasteiger partial charge < -0.3 is 15.4 Å². The maximum absolute atomic E-state index is 5.98. The van der Waals surface area contributed by atoms with Gasteiger partial charge in [0.25, 0.3) is 0 Å². The molecule has 1 saturated heterocycles. The summed E-state index contributed by atoms with van der Waals surface area (Å²) in [7, 11) is 1.81. The Morgan fingerprint density at radius 1 is 1.32 bits per heavy atom. The van der Waals surface area contributed by atoms with Crippen LogP contribution >= 0.6 is 11.6 Å². The van der Waals surface area contributed by atoms with Crippen LogP contribution in [0.1, 0.15) is 31.2 Å². The Hall–Kier alpha value is -1.26. The first-order valence-corrected chi connectivity index (χ1v) is 8.42. The lowest BCUT2D eigenvalue weighted by Gasteiger charge is -2.20. The molecule has 0 radical (unpaired) electrons. The maximum atomic E-state index is 5.98. The predicted octanol–water partition coefficient (Wildman–Crippen LogP) is 2.72. The number of ether oxygens (including phenoxy) is 1. The molecule has 2 N–H and O–H groups in total. The van der Waals surface area contributed by atoms with Gasteiger partial charge in [-0.3, -0.25) is 4.99 Å². The van der Waals surface area contributed by atoms with Crippen LogP contribution in [0, 0.1) is 0 Å². The summed E-state index contributed by atoms with van der Waals surface area (Å²) in [4.78, 5) is 4.31. The second-order valence-corrected chi connectivity index (χ2v) is 6.67. The average Bonchev–Trinajstić information content (AvgIpc) is 3.14. The van der Waals surface area contributed by atoms with Crippen molar-refractivity contribution in [3.8, 4) is 0 Å². The summed E-state index contributed by atoms with van der Waals surface area (Å²) >= 11 is 5.98. The third kappa shape index (κ3) is 3.73. The van der Waals surface area contributed by atoms with Crippen LogP contribution < -0.4 is 10.6 Å². The van der Waals surface area contributed by atoms with Gasteiger partial charge >= 0.3 is 0 Å². The van der Waals surface area contributed by atoms with Gasteiger partial charge in [-0.15, -0.1) is 0 Å². The number of aliphatic imine (C=N–C) groups is 1. The fourth-order valence-corrected chi connectivity index (χ4v) is 3.14. The average molecular weight is 322 g/mol. The van der Waals surface area contributed by atoms with E-state index in [0.717, 1.165) is 43.5 Å². The summed E-state index contributed by atoms with van der Waals surface area (Å²) in [6.45, 7) is 2.62. The lowest BCUT2D eigenvalue weighted by molar-refractivity contribution is 0.114. The summed E-state index contributed by atoms with van der Waals surface area (Å²) < 4.78 is 5.63. The molecule has 120 valence electrons. The highest BCUT2D eigenvalue weighted by atomic mass is 35.5. The van der Waals surface area contributed by atoms with E-state index in [1.54, 1.807) is 0 Å². The normalized spacial score (nSPS) is 23.4. The molecular weight excluding hydrogens is 298 g/mol. The van der Waals surface area contributed by atoms with Crippen LogP contribution in [0.15, 0.2) is 29.3 Å². The van der Waals surface area contributed by atoms with Gasteiger partial charge in [0.1, 0.15) is 0 Å². The van der Waals surface area contributed by atoms with Crippen molar-refractivity contribution in [1.82, 2.24) is 10.6 Å². The van der Waals surface area contributed by atoms with Crippen LogP contribution in [0.3, 0.4) is 0 Å². The van der Waals surface area contributed by atoms with Crippen LogP contribution in [0.4, 0.5) is 0 Å². The summed E-state index contributed by atoms with van der Waals surface area (Å²) in [5, 5.41) is 7.62. The Kier molecular flexibility index (Phi) is 4.89. The Bertz CT molecular complexity index is 519. The molecule has 2 fully saturated rings. The van der Waals surface area contributed by atoms with Crippen molar-refractivity contribution < 1.29 is 4.74 Å². The van der Waals surface area contributed by atoms with Crippen molar-refractivity contribution in [1.29, 1.82) is 0 Å². The van der Waals surface area contributed by atoms with Gasteiger partial charge in [-0.25, -0.2) is 0 Å². The topological polar surface area (TPSA) is 45.7 Å². The van der Waals surface area contributed by atoms with E-state index >= 15 is 0 Å². The Morgan fingerprint density at radius 3 is 2.68 bits per heavy atom. The number of hydrogen-bond donors (Lipinski definition) is 2. The fraction of sp³-hybridized carbons (Fsp3) is 0.588. The molecule has 1 unspecified atom stereocenters. The number of benzene rings is 1. The molecule has 0 spiro atoms. The number of nitrogens with zero attached hydrogens (tertiary/aromatic N) is 1. The quantitative estimate of drug-likeness (QED) is 0.647. The monoisotopic (exact) mass is 321 g/mol. The molecule has 0 amide bonds. The molecule has 1 atom stereocenters. The molecule has 1 aromatic carbocycles. The van der Waals surface area contributed by atoms with Crippen LogP contribution in [0.25, 0.3) is 0 Å². The Labute approximate surface area is 137 Å². The van der Waals surface area contributed by atoms with Crippen LogP contribution in [-0.4, -0.2) is 38.8 Å². The van der Waals surface area contributed by atoms with Crippen molar-refractivity contribution in [3.05, 3.63) is 34.9 Å². The fourth-order valence-electron chi connectivity index (χ4n) is 3.01. The van der Waals surface area contributed by atoms with Crippen molar-refractivity contribution in [2.24, 2.45) is 4.99 Å². The first-order valence-electron chi connectivity index (χ1n) is 8.04. The van der Waals surface area contributed by atoms with E-state index in [1.165, 1.54) is 18.4 Å². The highest BCUT2D eigenvalue weighted by Gasteiger charge is 2.44. The van der Waals surface area contributed by atoms with Crippen molar-refractivity contribution >= 4 is 17.6 Å². The van der Waals surface area contributed by atoms with E-state index in [0.29, 0.717) is 6.10 Å². The van der Waals surface area contributed by atoms with Crippen LogP contribution in [-0.2, 0) is 10.2 Å². The SMILES string of the molecule is CN=C(NCC1CCCO1)NCC1(c2ccc(Cl)cc2)CC1.